The highest BCUT2D eigenvalue weighted by Gasteiger charge is 2.11. The van der Waals surface area contributed by atoms with Gasteiger partial charge in [-0.1, -0.05) is 43.0 Å². The molecule has 1 heterocycles. The zero-order valence-corrected chi connectivity index (χ0v) is 11.8. The zero-order chi connectivity index (χ0) is 13.5. The zero-order valence-electron chi connectivity index (χ0n) is 11.0. The van der Waals surface area contributed by atoms with Gasteiger partial charge >= 0.3 is 5.97 Å². The van der Waals surface area contributed by atoms with E-state index in [1.165, 1.54) is 5.56 Å². The topological polar surface area (TPSA) is 30.2 Å². The van der Waals surface area contributed by atoms with E-state index < -0.39 is 0 Å². The molecule has 0 fully saturated rings. The van der Waals surface area contributed by atoms with E-state index in [1.54, 1.807) is 18.3 Å². The molecule has 0 saturated heterocycles. The highest BCUT2D eigenvalue weighted by Crippen LogP contribution is 2.01. The number of benzene rings is 1. The smallest absolute Gasteiger partial charge is 0.344 e. The lowest BCUT2D eigenvalue weighted by atomic mass is 10.2. The van der Waals surface area contributed by atoms with Crippen LogP contribution in [-0.2, 0) is 11.3 Å². The fourth-order valence-electron chi connectivity index (χ4n) is 1.75. The molecule has 0 N–H and O–H groups in total. The largest absolute Gasteiger partial charge is 1.00 e. The standard InChI is InChI=1S/C16H16NO2.ClH/c1-2-11-19-16(18)15-9-6-10-17(13-15)12-14-7-4-3-5-8-14;/h2-10,13H,1,11-12H2;1H/q+1;/p-1. The molecular weight excluding hydrogens is 274 g/mol. The Balaban J connectivity index is 0.00000200. The van der Waals surface area contributed by atoms with Crippen molar-refractivity contribution in [1.82, 2.24) is 0 Å². The third-order valence-corrected chi connectivity index (χ3v) is 2.63. The van der Waals surface area contributed by atoms with Crippen LogP contribution in [0.5, 0.6) is 0 Å². The Morgan fingerprint density at radius 2 is 1.95 bits per heavy atom. The molecule has 3 nitrogen and oxygen atoms in total. The number of hydrogen-bond acceptors (Lipinski definition) is 2. The SMILES string of the molecule is C=CCOC(=O)c1ccc[n+](Cc2ccccc2)c1.[Cl-]. The van der Waals surface area contributed by atoms with Crippen LogP contribution in [0.25, 0.3) is 0 Å². The number of esters is 1. The minimum Gasteiger partial charge on any atom is -1.00 e. The third-order valence-electron chi connectivity index (χ3n) is 2.63. The molecule has 1 aromatic heterocycles. The molecule has 2 aromatic rings. The van der Waals surface area contributed by atoms with Gasteiger partial charge in [-0.2, -0.15) is 4.57 Å². The van der Waals surface area contributed by atoms with Gasteiger partial charge in [0.1, 0.15) is 12.2 Å². The summed E-state index contributed by atoms with van der Waals surface area (Å²) in [6, 6.07) is 13.7. The molecule has 0 spiro atoms. The van der Waals surface area contributed by atoms with Crippen molar-refractivity contribution < 1.29 is 26.5 Å². The Morgan fingerprint density at radius 3 is 2.65 bits per heavy atom. The summed E-state index contributed by atoms with van der Waals surface area (Å²) in [7, 11) is 0. The van der Waals surface area contributed by atoms with Crippen LogP contribution in [0.1, 0.15) is 15.9 Å². The van der Waals surface area contributed by atoms with Crippen molar-refractivity contribution in [2.45, 2.75) is 6.54 Å². The summed E-state index contributed by atoms with van der Waals surface area (Å²) in [5.74, 6) is -0.331. The molecule has 4 heteroatoms. The minimum absolute atomic E-state index is 0. The van der Waals surface area contributed by atoms with Crippen LogP contribution in [0.3, 0.4) is 0 Å². The maximum Gasteiger partial charge on any atom is 0.344 e. The van der Waals surface area contributed by atoms with Crippen LogP contribution < -0.4 is 17.0 Å². The van der Waals surface area contributed by atoms with Crippen molar-refractivity contribution in [2.75, 3.05) is 6.61 Å². The molecule has 0 unspecified atom stereocenters. The summed E-state index contributed by atoms with van der Waals surface area (Å²) in [5.41, 5.74) is 1.73. The first-order chi connectivity index (χ1) is 9.29. The number of carbonyl (C=O) groups is 1. The molecule has 0 bridgehead atoms. The second-order valence-corrected chi connectivity index (χ2v) is 4.14. The summed E-state index contributed by atoms with van der Waals surface area (Å²) < 4.78 is 6.97. The fourth-order valence-corrected chi connectivity index (χ4v) is 1.75. The van der Waals surface area contributed by atoms with Crippen LogP contribution >= 0.6 is 0 Å². The van der Waals surface area contributed by atoms with Crippen molar-refractivity contribution in [3.05, 3.63) is 78.6 Å². The summed E-state index contributed by atoms with van der Waals surface area (Å²) in [6.45, 7) is 4.47. The predicted octanol–water partition coefficient (Wildman–Crippen LogP) is -0.631. The molecule has 0 aliphatic rings. The highest BCUT2D eigenvalue weighted by molar-refractivity contribution is 5.88. The van der Waals surface area contributed by atoms with E-state index in [0.29, 0.717) is 5.56 Å². The maximum absolute atomic E-state index is 11.7. The first kappa shape index (κ1) is 15.9. The number of pyridine rings is 1. The van der Waals surface area contributed by atoms with Gasteiger partial charge in [-0.15, -0.1) is 0 Å². The van der Waals surface area contributed by atoms with Gasteiger partial charge in [0.2, 0.25) is 0 Å². The minimum atomic E-state index is -0.331. The second kappa shape index (κ2) is 8.12. The average molecular weight is 290 g/mol. The van der Waals surface area contributed by atoms with Gasteiger partial charge in [0.15, 0.2) is 18.9 Å². The van der Waals surface area contributed by atoms with Gasteiger partial charge in [-0.05, 0) is 6.07 Å². The Labute approximate surface area is 124 Å². The van der Waals surface area contributed by atoms with Crippen LogP contribution in [0, 0.1) is 0 Å². The van der Waals surface area contributed by atoms with E-state index in [2.05, 4.69) is 18.7 Å². The van der Waals surface area contributed by atoms with Crippen molar-refractivity contribution in [1.29, 1.82) is 0 Å². The summed E-state index contributed by atoms with van der Waals surface area (Å²) in [5, 5.41) is 0. The fraction of sp³-hybridized carbons (Fsp3) is 0.125. The van der Waals surface area contributed by atoms with Crippen molar-refractivity contribution in [3.63, 3.8) is 0 Å². The summed E-state index contributed by atoms with van der Waals surface area (Å²) in [6.07, 6.45) is 5.27. The Hall–Kier alpha value is -2.13. The molecule has 104 valence electrons. The Bertz CT molecular complexity index is 570. The second-order valence-electron chi connectivity index (χ2n) is 4.14. The number of ether oxygens (including phenoxy) is 1. The molecule has 0 saturated carbocycles. The highest BCUT2D eigenvalue weighted by atomic mass is 35.5. The van der Waals surface area contributed by atoms with Gasteiger partial charge in [0, 0.05) is 11.6 Å². The van der Waals surface area contributed by atoms with E-state index >= 15 is 0 Å². The van der Waals surface area contributed by atoms with E-state index in [4.69, 9.17) is 4.74 Å². The Kier molecular flexibility index (Phi) is 6.47. The van der Waals surface area contributed by atoms with Crippen LogP contribution in [-0.4, -0.2) is 12.6 Å². The van der Waals surface area contributed by atoms with Gasteiger partial charge in [0.25, 0.3) is 0 Å². The molecule has 0 aliphatic heterocycles. The van der Waals surface area contributed by atoms with Gasteiger partial charge in [-0.25, -0.2) is 4.79 Å². The average Bonchev–Trinajstić information content (AvgIpc) is 2.46. The van der Waals surface area contributed by atoms with Crippen molar-refractivity contribution in [3.8, 4) is 0 Å². The number of carbonyl (C=O) groups excluding carboxylic acids is 1. The van der Waals surface area contributed by atoms with Crippen LogP contribution in [0.2, 0.25) is 0 Å². The molecule has 0 radical (unpaired) electrons. The van der Waals surface area contributed by atoms with Crippen LogP contribution in [0.15, 0.2) is 67.5 Å². The van der Waals surface area contributed by atoms with Crippen LogP contribution in [0.4, 0.5) is 0 Å². The number of hydrogen-bond donors (Lipinski definition) is 0. The van der Waals surface area contributed by atoms with Crippen molar-refractivity contribution >= 4 is 5.97 Å². The lowest BCUT2D eigenvalue weighted by Gasteiger charge is -2.01. The third kappa shape index (κ3) is 4.52. The first-order valence-electron chi connectivity index (χ1n) is 6.10. The normalized spacial score (nSPS) is 9.40. The molecule has 0 aliphatic carbocycles. The van der Waals surface area contributed by atoms with E-state index in [-0.39, 0.29) is 25.0 Å². The lowest BCUT2D eigenvalue weighted by molar-refractivity contribution is -0.688. The van der Waals surface area contributed by atoms with Gasteiger partial charge < -0.3 is 17.1 Å². The van der Waals surface area contributed by atoms with Crippen molar-refractivity contribution in [2.24, 2.45) is 0 Å². The molecule has 2 rings (SSSR count). The molecule has 1 aromatic carbocycles. The quantitative estimate of drug-likeness (QED) is 0.417. The molecule has 0 amide bonds. The summed E-state index contributed by atoms with van der Waals surface area (Å²) in [4.78, 5) is 11.7. The number of aromatic nitrogens is 1. The molecular formula is C16H16ClNO2. The van der Waals surface area contributed by atoms with Gasteiger partial charge in [-0.3, -0.25) is 0 Å². The maximum atomic E-state index is 11.7. The van der Waals surface area contributed by atoms with E-state index in [1.807, 2.05) is 35.0 Å². The van der Waals surface area contributed by atoms with E-state index in [0.717, 1.165) is 6.54 Å². The van der Waals surface area contributed by atoms with Gasteiger partial charge in [0.05, 0.1) is 0 Å². The number of rotatable bonds is 5. The molecule has 0 atom stereocenters. The Morgan fingerprint density at radius 1 is 1.20 bits per heavy atom. The lowest BCUT2D eigenvalue weighted by Crippen LogP contribution is -3.00. The van der Waals surface area contributed by atoms with E-state index in [9.17, 15) is 4.79 Å². The summed E-state index contributed by atoms with van der Waals surface area (Å²) >= 11 is 0. The number of nitrogens with zero attached hydrogens (tertiary/aromatic N) is 1. The predicted molar refractivity (Wildman–Crippen MR) is 72.7 cm³/mol. The number of halogens is 1. The molecule has 20 heavy (non-hydrogen) atoms. The first-order valence-corrected chi connectivity index (χ1v) is 6.10. The monoisotopic (exact) mass is 289 g/mol.